The van der Waals surface area contributed by atoms with Gasteiger partial charge in [0.25, 0.3) is 0 Å². The van der Waals surface area contributed by atoms with Gasteiger partial charge in [0.1, 0.15) is 11.1 Å². The van der Waals surface area contributed by atoms with Crippen molar-refractivity contribution in [2.24, 2.45) is 5.10 Å². The maximum absolute atomic E-state index is 12.4. The Labute approximate surface area is 192 Å². The minimum Gasteiger partial charge on any atom is -0.316 e. The Kier molecular flexibility index (Phi) is 6.86. The number of anilines is 2. The molecule has 1 amide bonds. The quantitative estimate of drug-likeness (QED) is 0.266. The zero-order valence-electron chi connectivity index (χ0n) is 16.3. The van der Waals surface area contributed by atoms with Gasteiger partial charge < -0.3 is 5.32 Å². The molecule has 0 unspecified atom stereocenters. The second-order valence-corrected chi connectivity index (χ2v) is 9.24. The number of aromatic nitrogens is 3. The first-order chi connectivity index (χ1) is 15.1. The average molecular weight is 472 g/mol. The van der Waals surface area contributed by atoms with Crippen molar-refractivity contribution in [2.45, 2.75) is 30.8 Å². The van der Waals surface area contributed by atoms with Crippen LogP contribution in [0.2, 0.25) is 5.02 Å². The number of carbonyl (C=O) groups is 1. The number of thioether (sulfide) groups is 1. The van der Waals surface area contributed by atoms with Crippen LogP contribution in [-0.4, -0.2) is 33.1 Å². The van der Waals surface area contributed by atoms with Gasteiger partial charge in [-0.15, -0.1) is 16.4 Å². The van der Waals surface area contributed by atoms with E-state index in [2.05, 4.69) is 37.1 Å². The summed E-state index contributed by atoms with van der Waals surface area (Å²) in [6, 6.07) is 9.50. The number of amides is 1. The number of rotatable bonds is 7. The average Bonchev–Trinajstić information content (AvgIpc) is 3.37. The van der Waals surface area contributed by atoms with Gasteiger partial charge in [0, 0.05) is 9.90 Å². The summed E-state index contributed by atoms with van der Waals surface area (Å²) in [6.07, 6.45) is 5.74. The lowest BCUT2D eigenvalue weighted by atomic mass is 9.96. The molecule has 31 heavy (non-hydrogen) atoms. The Morgan fingerprint density at radius 2 is 2.16 bits per heavy atom. The van der Waals surface area contributed by atoms with Crippen LogP contribution in [0.3, 0.4) is 0 Å². The summed E-state index contributed by atoms with van der Waals surface area (Å²) in [5.74, 6) is 0.310. The van der Waals surface area contributed by atoms with E-state index in [4.69, 9.17) is 11.6 Å². The molecule has 0 spiro atoms. The Balaban J connectivity index is 1.29. The number of thiophene rings is 1. The van der Waals surface area contributed by atoms with Gasteiger partial charge in [0.2, 0.25) is 17.0 Å². The highest BCUT2D eigenvalue weighted by atomic mass is 35.5. The Hall–Kier alpha value is -2.87. The van der Waals surface area contributed by atoms with Gasteiger partial charge in [-0.1, -0.05) is 35.5 Å². The van der Waals surface area contributed by atoms with Crippen LogP contribution in [0.1, 0.15) is 34.4 Å². The highest BCUT2D eigenvalue weighted by Crippen LogP contribution is 2.37. The van der Waals surface area contributed by atoms with E-state index in [0.717, 1.165) is 36.8 Å². The van der Waals surface area contributed by atoms with Gasteiger partial charge in [-0.3, -0.25) is 4.79 Å². The molecule has 11 heteroatoms. The standard InChI is InChI=1S/C20H18ClN7OS2/c21-13-7-5-12(6-8-13)10-23-26-19-25-20(28-27-19)30-11-17(29)24-18-15(9-22)14-3-1-2-4-16(14)31-18/h5-8,10H,1-4,11H2,(H,24,29)(H2,25,26,27,28)/b23-10-. The van der Waals surface area contributed by atoms with Gasteiger partial charge in [0.15, 0.2) is 0 Å². The van der Waals surface area contributed by atoms with E-state index in [-0.39, 0.29) is 11.7 Å². The smallest absolute Gasteiger partial charge is 0.240 e. The highest BCUT2D eigenvalue weighted by Gasteiger charge is 2.21. The molecular weight excluding hydrogens is 454 g/mol. The molecule has 2 heterocycles. The predicted molar refractivity (Wildman–Crippen MR) is 124 cm³/mol. The largest absolute Gasteiger partial charge is 0.316 e. The number of aryl methyl sites for hydroxylation is 1. The van der Waals surface area contributed by atoms with Crippen LogP contribution in [0.15, 0.2) is 34.5 Å². The number of hydrogen-bond donors (Lipinski definition) is 3. The third-order valence-electron chi connectivity index (χ3n) is 4.59. The summed E-state index contributed by atoms with van der Waals surface area (Å²) < 4.78 is 0. The summed E-state index contributed by atoms with van der Waals surface area (Å²) in [6.45, 7) is 0. The van der Waals surface area contributed by atoms with Crippen molar-refractivity contribution in [3.63, 3.8) is 0 Å². The lowest BCUT2D eigenvalue weighted by Gasteiger charge is -2.09. The molecule has 158 valence electrons. The van der Waals surface area contributed by atoms with Gasteiger partial charge in [-0.25, -0.2) is 10.5 Å². The van der Waals surface area contributed by atoms with Crippen molar-refractivity contribution in [3.05, 3.63) is 50.9 Å². The highest BCUT2D eigenvalue weighted by molar-refractivity contribution is 7.99. The summed E-state index contributed by atoms with van der Waals surface area (Å²) in [5.41, 5.74) is 5.36. The lowest BCUT2D eigenvalue weighted by molar-refractivity contribution is -0.113. The van der Waals surface area contributed by atoms with E-state index >= 15 is 0 Å². The topological polar surface area (TPSA) is 119 Å². The molecule has 0 saturated carbocycles. The van der Waals surface area contributed by atoms with Crippen LogP contribution >= 0.6 is 34.7 Å². The van der Waals surface area contributed by atoms with Crippen molar-refractivity contribution in [2.75, 3.05) is 16.5 Å². The van der Waals surface area contributed by atoms with Crippen LogP contribution in [-0.2, 0) is 17.6 Å². The van der Waals surface area contributed by atoms with Crippen LogP contribution in [0, 0.1) is 11.3 Å². The summed E-state index contributed by atoms with van der Waals surface area (Å²) in [7, 11) is 0. The number of nitriles is 1. The van der Waals surface area contributed by atoms with E-state index < -0.39 is 0 Å². The second-order valence-electron chi connectivity index (χ2n) is 6.75. The molecule has 0 radical (unpaired) electrons. The summed E-state index contributed by atoms with van der Waals surface area (Å²) >= 11 is 8.56. The fraction of sp³-hybridized carbons (Fsp3) is 0.250. The second kappa shape index (κ2) is 9.96. The molecular formula is C20H18ClN7OS2. The van der Waals surface area contributed by atoms with E-state index in [9.17, 15) is 10.1 Å². The zero-order chi connectivity index (χ0) is 21.6. The molecule has 0 atom stereocenters. The van der Waals surface area contributed by atoms with Gasteiger partial charge in [0.05, 0.1) is 17.5 Å². The Bertz CT molecular complexity index is 1150. The molecule has 8 nitrogen and oxygen atoms in total. The first-order valence-corrected chi connectivity index (χ1v) is 11.7. The molecule has 3 aromatic rings. The first-order valence-electron chi connectivity index (χ1n) is 9.56. The molecule has 0 saturated heterocycles. The van der Waals surface area contributed by atoms with Gasteiger partial charge in [-0.05, 0) is 48.9 Å². The van der Waals surface area contributed by atoms with Gasteiger partial charge in [-0.2, -0.15) is 15.3 Å². The van der Waals surface area contributed by atoms with Crippen molar-refractivity contribution >= 4 is 57.8 Å². The number of aromatic amines is 1. The number of benzene rings is 1. The van der Waals surface area contributed by atoms with Crippen molar-refractivity contribution < 1.29 is 4.79 Å². The maximum atomic E-state index is 12.4. The van der Waals surface area contributed by atoms with E-state index in [0.29, 0.717) is 26.7 Å². The maximum Gasteiger partial charge on any atom is 0.240 e. The fourth-order valence-corrected chi connectivity index (χ4v) is 5.12. The SMILES string of the molecule is N#Cc1c(NC(=O)CSc2n[nH]c(N/N=C\c3ccc(Cl)cc3)n2)sc2c1CCCC2. The Morgan fingerprint density at radius 1 is 1.35 bits per heavy atom. The van der Waals surface area contributed by atoms with E-state index in [1.54, 1.807) is 18.3 Å². The van der Waals surface area contributed by atoms with Crippen molar-refractivity contribution in [3.8, 4) is 6.07 Å². The summed E-state index contributed by atoms with van der Waals surface area (Å²) in [4.78, 5) is 17.8. The molecule has 1 aliphatic carbocycles. The first kappa shape index (κ1) is 21.4. The lowest BCUT2D eigenvalue weighted by Crippen LogP contribution is -2.14. The number of fused-ring (bicyclic) bond motifs is 1. The zero-order valence-corrected chi connectivity index (χ0v) is 18.7. The van der Waals surface area contributed by atoms with Crippen molar-refractivity contribution in [1.82, 2.24) is 15.2 Å². The fourth-order valence-electron chi connectivity index (χ4n) is 3.14. The van der Waals surface area contributed by atoms with Crippen LogP contribution in [0.4, 0.5) is 10.9 Å². The van der Waals surface area contributed by atoms with Crippen LogP contribution < -0.4 is 10.7 Å². The number of carbonyl (C=O) groups excluding carboxylic acids is 1. The van der Waals surface area contributed by atoms with Crippen LogP contribution in [0.5, 0.6) is 0 Å². The van der Waals surface area contributed by atoms with Crippen LogP contribution in [0.25, 0.3) is 0 Å². The molecule has 0 fully saturated rings. The monoisotopic (exact) mass is 471 g/mol. The molecule has 4 rings (SSSR count). The minimum absolute atomic E-state index is 0.138. The molecule has 0 bridgehead atoms. The Morgan fingerprint density at radius 3 is 2.97 bits per heavy atom. The molecule has 0 aliphatic heterocycles. The predicted octanol–water partition coefficient (Wildman–Crippen LogP) is 4.45. The van der Waals surface area contributed by atoms with E-state index in [1.165, 1.54) is 28.0 Å². The number of nitrogens with one attached hydrogen (secondary N) is 3. The molecule has 1 aromatic carbocycles. The number of H-pyrrole nitrogens is 1. The van der Waals surface area contributed by atoms with E-state index in [1.807, 2.05) is 12.1 Å². The number of hydrogen-bond acceptors (Lipinski definition) is 8. The molecule has 2 aromatic heterocycles. The normalized spacial score (nSPS) is 13.0. The number of hydrazone groups is 1. The molecule has 1 aliphatic rings. The number of halogens is 1. The molecule has 3 N–H and O–H groups in total. The minimum atomic E-state index is -0.194. The summed E-state index contributed by atoms with van der Waals surface area (Å²) in [5, 5.41) is 25.0. The number of nitrogens with zero attached hydrogens (tertiary/aromatic N) is 4. The van der Waals surface area contributed by atoms with Gasteiger partial charge >= 0.3 is 0 Å². The third-order valence-corrected chi connectivity index (χ3v) is 6.89. The van der Waals surface area contributed by atoms with Crippen molar-refractivity contribution in [1.29, 1.82) is 5.26 Å². The third kappa shape index (κ3) is 5.44.